The van der Waals surface area contributed by atoms with Crippen LogP contribution in [0.5, 0.6) is 0 Å². The van der Waals surface area contributed by atoms with Crippen LogP contribution in [0, 0.1) is 6.92 Å². The van der Waals surface area contributed by atoms with Crippen molar-refractivity contribution in [1.29, 1.82) is 0 Å². The first-order valence-corrected chi connectivity index (χ1v) is 7.63. The fourth-order valence-electron chi connectivity index (χ4n) is 2.52. The maximum absolute atomic E-state index is 11.4. The Kier molecular flexibility index (Phi) is 4.03. The lowest BCUT2D eigenvalue weighted by molar-refractivity contribution is -0.144. The Morgan fingerprint density at radius 2 is 2.43 bits per heavy atom. The van der Waals surface area contributed by atoms with Gasteiger partial charge in [-0.2, -0.15) is 0 Å². The second-order valence-electron chi connectivity index (χ2n) is 4.99. The summed E-state index contributed by atoms with van der Waals surface area (Å²) >= 11 is 1.66. The second kappa shape index (κ2) is 5.95. The number of anilines is 1. The van der Waals surface area contributed by atoms with Crippen LogP contribution in [0.2, 0.25) is 0 Å². The zero-order chi connectivity index (χ0) is 14.8. The van der Waals surface area contributed by atoms with Crippen molar-refractivity contribution in [2.24, 2.45) is 0 Å². The fraction of sp³-hybridized carbons (Fsp3) is 0.500. The average Bonchev–Trinajstić information content (AvgIpc) is 2.87. The van der Waals surface area contributed by atoms with Crippen LogP contribution < -0.4 is 4.90 Å². The number of nitrogens with zero attached hydrogens (tertiary/aromatic N) is 3. The third-order valence-electron chi connectivity index (χ3n) is 3.49. The van der Waals surface area contributed by atoms with Crippen molar-refractivity contribution in [3.05, 3.63) is 17.3 Å². The molecular weight excluding hydrogens is 290 g/mol. The molecule has 0 N–H and O–H groups in total. The number of carbonyl (C=O) groups excluding carboxylic acids is 1. The van der Waals surface area contributed by atoms with Gasteiger partial charge in [0.15, 0.2) is 0 Å². The molecule has 3 heterocycles. The number of esters is 1. The summed E-state index contributed by atoms with van der Waals surface area (Å²) in [5.74, 6) is 0.670. The van der Waals surface area contributed by atoms with Gasteiger partial charge in [0.1, 0.15) is 17.0 Å². The van der Waals surface area contributed by atoms with E-state index in [2.05, 4.69) is 27.9 Å². The summed E-state index contributed by atoms with van der Waals surface area (Å²) < 4.78 is 10.3. The standard InChI is InChI=1S/C14H17N3O3S/c1-9-5-11-13(15-8-16-14(11)21-9)17-3-4-20-10(7-17)6-12(18)19-2/h5,8,10H,3-4,6-7H2,1-2H3. The molecule has 21 heavy (non-hydrogen) atoms. The Morgan fingerprint density at radius 3 is 3.24 bits per heavy atom. The molecule has 7 heteroatoms. The normalized spacial score (nSPS) is 19.0. The largest absolute Gasteiger partial charge is 0.469 e. The predicted molar refractivity (Wildman–Crippen MR) is 80.7 cm³/mol. The Balaban J connectivity index is 1.83. The number of fused-ring (bicyclic) bond motifs is 1. The zero-order valence-corrected chi connectivity index (χ0v) is 12.9. The van der Waals surface area contributed by atoms with Gasteiger partial charge in [-0.3, -0.25) is 4.79 Å². The molecule has 0 aromatic carbocycles. The minimum Gasteiger partial charge on any atom is -0.469 e. The topological polar surface area (TPSA) is 64.5 Å². The van der Waals surface area contributed by atoms with Gasteiger partial charge in [0.05, 0.1) is 31.6 Å². The maximum Gasteiger partial charge on any atom is 0.308 e. The van der Waals surface area contributed by atoms with E-state index in [0.717, 1.165) is 22.6 Å². The van der Waals surface area contributed by atoms with E-state index >= 15 is 0 Å². The van der Waals surface area contributed by atoms with Gasteiger partial charge in [0.2, 0.25) is 0 Å². The molecule has 2 aromatic rings. The molecule has 1 saturated heterocycles. The van der Waals surface area contributed by atoms with E-state index in [4.69, 9.17) is 9.47 Å². The number of morpholine rings is 1. The van der Waals surface area contributed by atoms with E-state index in [0.29, 0.717) is 13.2 Å². The molecule has 3 rings (SSSR count). The van der Waals surface area contributed by atoms with Crippen molar-refractivity contribution in [3.8, 4) is 0 Å². The van der Waals surface area contributed by atoms with E-state index < -0.39 is 0 Å². The van der Waals surface area contributed by atoms with Crippen LogP contribution in [0.4, 0.5) is 5.82 Å². The van der Waals surface area contributed by atoms with Gasteiger partial charge in [-0.1, -0.05) is 0 Å². The summed E-state index contributed by atoms with van der Waals surface area (Å²) in [6.07, 6.45) is 1.71. The lowest BCUT2D eigenvalue weighted by Gasteiger charge is -2.33. The molecule has 0 bridgehead atoms. The molecule has 2 aromatic heterocycles. The summed E-state index contributed by atoms with van der Waals surface area (Å²) in [5.41, 5.74) is 0. The maximum atomic E-state index is 11.4. The number of aromatic nitrogens is 2. The van der Waals surface area contributed by atoms with Crippen molar-refractivity contribution < 1.29 is 14.3 Å². The van der Waals surface area contributed by atoms with Crippen LogP contribution in [-0.2, 0) is 14.3 Å². The van der Waals surface area contributed by atoms with Crippen LogP contribution in [0.3, 0.4) is 0 Å². The number of carbonyl (C=O) groups is 1. The minimum absolute atomic E-state index is 0.157. The summed E-state index contributed by atoms with van der Waals surface area (Å²) in [6, 6.07) is 2.11. The van der Waals surface area contributed by atoms with Crippen LogP contribution >= 0.6 is 11.3 Å². The average molecular weight is 307 g/mol. The van der Waals surface area contributed by atoms with Crippen molar-refractivity contribution in [2.75, 3.05) is 31.7 Å². The molecule has 0 amide bonds. The molecule has 6 nitrogen and oxygen atoms in total. The molecule has 1 aliphatic rings. The molecule has 0 saturated carbocycles. The highest BCUT2D eigenvalue weighted by Crippen LogP contribution is 2.30. The first-order chi connectivity index (χ1) is 10.2. The molecule has 1 atom stereocenters. The quantitative estimate of drug-likeness (QED) is 0.805. The van der Waals surface area contributed by atoms with Gasteiger partial charge < -0.3 is 14.4 Å². The number of methoxy groups -OCH3 is 1. The first kappa shape index (κ1) is 14.2. The van der Waals surface area contributed by atoms with Crippen LogP contribution in [0.15, 0.2) is 12.4 Å². The zero-order valence-electron chi connectivity index (χ0n) is 12.0. The lowest BCUT2D eigenvalue weighted by Crippen LogP contribution is -2.43. The van der Waals surface area contributed by atoms with Gasteiger partial charge in [-0.05, 0) is 13.0 Å². The van der Waals surface area contributed by atoms with Gasteiger partial charge in [-0.15, -0.1) is 11.3 Å². The number of ether oxygens (including phenoxy) is 2. The van der Waals surface area contributed by atoms with Crippen LogP contribution in [0.1, 0.15) is 11.3 Å². The van der Waals surface area contributed by atoms with Crippen LogP contribution in [0.25, 0.3) is 10.2 Å². The van der Waals surface area contributed by atoms with Gasteiger partial charge in [0, 0.05) is 18.0 Å². The Morgan fingerprint density at radius 1 is 1.57 bits per heavy atom. The number of rotatable bonds is 3. The number of hydrogen-bond donors (Lipinski definition) is 0. The summed E-state index contributed by atoms with van der Waals surface area (Å²) in [6.45, 7) is 4.04. The van der Waals surface area contributed by atoms with Crippen molar-refractivity contribution >= 4 is 33.3 Å². The van der Waals surface area contributed by atoms with Crippen molar-refractivity contribution in [3.63, 3.8) is 0 Å². The minimum atomic E-state index is -0.249. The van der Waals surface area contributed by atoms with E-state index in [1.165, 1.54) is 12.0 Å². The summed E-state index contributed by atoms with van der Waals surface area (Å²) in [5, 5.41) is 1.07. The third kappa shape index (κ3) is 2.98. The van der Waals surface area contributed by atoms with E-state index in [1.54, 1.807) is 17.7 Å². The molecule has 1 fully saturated rings. The molecule has 1 aliphatic heterocycles. The van der Waals surface area contributed by atoms with Gasteiger partial charge >= 0.3 is 5.97 Å². The predicted octanol–water partition coefficient (Wildman–Crippen LogP) is 1.77. The molecule has 0 spiro atoms. The summed E-state index contributed by atoms with van der Waals surface area (Å²) in [7, 11) is 1.39. The fourth-order valence-corrected chi connectivity index (χ4v) is 3.36. The Bertz CT molecular complexity index is 658. The van der Waals surface area contributed by atoms with Crippen molar-refractivity contribution in [2.45, 2.75) is 19.4 Å². The third-order valence-corrected chi connectivity index (χ3v) is 4.45. The highest BCUT2D eigenvalue weighted by atomic mass is 32.1. The van der Waals surface area contributed by atoms with E-state index in [9.17, 15) is 4.79 Å². The highest BCUT2D eigenvalue weighted by molar-refractivity contribution is 7.18. The highest BCUT2D eigenvalue weighted by Gasteiger charge is 2.25. The van der Waals surface area contributed by atoms with Crippen molar-refractivity contribution in [1.82, 2.24) is 9.97 Å². The number of aryl methyl sites for hydroxylation is 1. The number of hydrogen-bond acceptors (Lipinski definition) is 7. The monoisotopic (exact) mass is 307 g/mol. The first-order valence-electron chi connectivity index (χ1n) is 6.82. The SMILES string of the molecule is COC(=O)CC1CN(c2ncnc3sc(C)cc23)CCO1. The molecule has 0 aliphatic carbocycles. The van der Waals surface area contributed by atoms with E-state index in [1.807, 2.05) is 0 Å². The molecule has 1 unspecified atom stereocenters. The Hall–Kier alpha value is -1.73. The summed E-state index contributed by atoms with van der Waals surface area (Å²) in [4.78, 5) is 24.5. The van der Waals surface area contributed by atoms with Crippen LogP contribution in [-0.4, -0.2) is 48.8 Å². The van der Waals surface area contributed by atoms with Gasteiger partial charge in [-0.25, -0.2) is 9.97 Å². The second-order valence-corrected chi connectivity index (χ2v) is 6.23. The van der Waals surface area contributed by atoms with Gasteiger partial charge in [0.25, 0.3) is 0 Å². The number of thiophene rings is 1. The lowest BCUT2D eigenvalue weighted by atomic mass is 10.2. The molecule has 112 valence electrons. The molecule has 0 radical (unpaired) electrons. The molecular formula is C14H17N3O3S. The smallest absolute Gasteiger partial charge is 0.308 e. The Labute approximate surface area is 126 Å². The van der Waals surface area contributed by atoms with E-state index in [-0.39, 0.29) is 18.5 Å².